The lowest BCUT2D eigenvalue weighted by Crippen LogP contribution is -1.94. The number of carbonyl (C=O) groups excluding carboxylic acids is 1. The minimum Gasteiger partial charge on any atom is -0.293 e. The van der Waals surface area contributed by atoms with Crippen molar-refractivity contribution in [3.05, 3.63) is 11.1 Å². The second-order valence-electron chi connectivity index (χ2n) is 2.13. The Balaban J connectivity index is 2.43. The summed E-state index contributed by atoms with van der Waals surface area (Å²) in [6.45, 7) is 1.76. The molecule has 1 aromatic heterocycles. The molecule has 0 amide bonds. The highest BCUT2D eigenvalue weighted by Gasteiger charge is 2.06. The molecule has 1 heterocycles. The van der Waals surface area contributed by atoms with Crippen LogP contribution in [0.25, 0.3) is 0 Å². The Kier molecular flexibility index (Phi) is 3.42. The maximum absolute atomic E-state index is 11.2. The number of ketones is 1. The molecule has 0 saturated carbocycles. The average molecular weight is 180 g/mol. The lowest BCUT2D eigenvalue weighted by molar-refractivity contribution is 0.0988. The molecular weight excluding hydrogens is 172 g/mol. The van der Waals surface area contributed by atoms with Gasteiger partial charge in [0, 0.05) is 12.8 Å². The van der Waals surface area contributed by atoms with E-state index in [4.69, 9.17) is 0 Å². The monoisotopic (exact) mass is 180 g/mol. The SMILES string of the molecule is CC#CCCC(=O)c1cnns1. The minimum absolute atomic E-state index is 0.0766. The normalized spacial score (nSPS) is 8.75. The number of aromatic nitrogens is 2. The molecule has 0 bridgehead atoms. The van der Waals surface area contributed by atoms with Gasteiger partial charge >= 0.3 is 0 Å². The van der Waals surface area contributed by atoms with Crippen molar-refractivity contribution < 1.29 is 4.79 Å². The van der Waals surface area contributed by atoms with Crippen molar-refractivity contribution >= 4 is 17.3 Å². The number of Topliss-reactive ketones (excluding diaryl/α,β-unsaturated/α-hetero) is 1. The second kappa shape index (κ2) is 4.62. The van der Waals surface area contributed by atoms with Crippen LogP contribution in [0.5, 0.6) is 0 Å². The summed E-state index contributed by atoms with van der Waals surface area (Å²) in [6.07, 6.45) is 2.57. The molecule has 0 saturated heterocycles. The third-order valence-electron chi connectivity index (χ3n) is 1.29. The van der Waals surface area contributed by atoms with Gasteiger partial charge in [0.25, 0.3) is 0 Å². The van der Waals surface area contributed by atoms with Gasteiger partial charge in [-0.3, -0.25) is 4.79 Å². The highest BCUT2D eigenvalue weighted by molar-refractivity contribution is 7.07. The Morgan fingerprint density at radius 1 is 1.75 bits per heavy atom. The number of carbonyl (C=O) groups is 1. The van der Waals surface area contributed by atoms with E-state index in [0.717, 1.165) is 11.5 Å². The van der Waals surface area contributed by atoms with Gasteiger partial charge in [-0.1, -0.05) is 4.49 Å². The topological polar surface area (TPSA) is 42.9 Å². The lowest BCUT2D eigenvalue weighted by Gasteiger charge is -1.88. The summed E-state index contributed by atoms with van der Waals surface area (Å²) < 4.78 is 3.61. The zero-order valence-corrected chi connectivity index (χ0v) is 7.52. The summed E-state index contributed by atoms with van der Waals surface area (Å²) >= 11 is 1.13. The van der Waals surface area contributed by atoms with Crippen LogP contribution >= 0.6 is 11.5 Å². The largest absolute Gasteiger partial charge is 0.293 e. The van der Waals surface area contributed by atoms with E-state index in [9.17, 15) is 4.79 Å². The summed E-state index contributed by atoms with van der Waals surface area (Å²) in [4.78, 5) is 11.9. The van der Waals surface area contributed by atoms with Crippen molar-refractivity contribution in [1.29, 1.82) is 0 Å². The third kappa shape index (κ3) is 2.44. The predicted molar refractivity (Wildman–Crippen MR) is 46.9 cm³/mol. The molecule has 1 rings (SSSR count). The first-order valence-electron chi connectivity index (χ1n) is 3.54. The maximum atomic E-state index is 11.2. The zero-order chi connectivity index (χ0) is 8.81. The standard InChI is InChI=1S/C8H8N2OS/c1-2-3-4-5-7(11)8-6-9-10-12-8/h6H,4-5H2,1H3. The smallest absolute Gasteiger partial charge is 0.177 e. The first-order chi connectivity index (χ1) is 5.84. The van der Waals surface area contributed by atoms with Crippen molar-refractivity contribution in [3.8, 4) is 11.8 Å². The van der Waals surface area contributed by atoms with E-state index >= 15 is 0 Å². The van der Waals surface area contributed by atoms with Crippen LogP contribution in [-0.4, -0.2) is 15.4 Å². The number of hydrogen-bond acceptors (Lipinski definition) is 4. The molecule has 4 heteroatoms. The van der Waals surface area contributed by atoms with Crippen LogP contribution in [0.15, 0.2) is 6.20 Å². The number of rotatable bonds is 3. The van der Waals surface area contributed by atoms with E-state index in [2.05, 4.69) is 21.4 Å². The van der Waals surface area contributed by atoms with Crippen LogP contribution in [0.3, 0.4) is 0 Å². The molecule has 0 spiro atoms. The quantitative estimate of drug-likeness (QED) is 0.523. The van der Waals surface area contributed by atoms with Gasteiger partial charge in [0.15, 0.2) is 5.78 Å². The predicted octanol–water partition coefficient (Wildman–Crippen LogP) is 1.52. The Morgan fingerprint density at radius 2 is 2.58 bits per heavy atom. The van der Waals surface area contributed by atoms with Gasteiger partial charge in [-0.05, 0) is 18.5 Å². The number of nitrogens with zero attached hydrogens (tertiary/aromatic N) is 2. The zero-order valence-electron chi connectivity index (χ0n) is 6.70. The fraction of sp³-hybridized carbons (Fsp3) is 0.375. The molecule has 0 N–H and O–H groups in total. The van der Waals surface area contributed by atoms with Gasteiger partial charge in [-0.25, -0.2) is 0 Å². The summed E-state index contributed by atoms with van der Waals surface area (Å²) in [5, 5.41) is 3.58. The van der Waals surface area contributed by atoms with E-state index in [1.807, 2.05) is 0 Å². The molecule has 0 aliphatic heterocycles. The highest BCUT2D eigenvalue weighted by Crippen LogP contribution is 2.06. The molecule has 0 atom stereocenters. The fourth-order valence-corrected chi connectivity index (χ4v) is 1.19. The summed E-state index contributed by atoms with van der Waals surface area (Å²) in [5.41, 5.74) is 0. The van der Waals surface area contributed by atoms with Crippen LogP contribution in [0.1, 0.15) is 29.4 Å². The van der Waals surface area contributed by atoms with Gasteiger partial charge in [-0.15, -0.1) is 16.9 Å². The van der Waals surface area contributed by atoms with E-state index in [-0.39, 0.29) is 5.78 Å². The third-order valence-corrected chi connectivity index (χ3v) is 2.00. The molecule has 1 aromatic rings. The van der Waals surface area contributed by atoms with Gasteiger partial charge in [0.2, 0.25) is 0 Å². The first kappa shape index (κ1) is 8.88. The molecule has 0 aliphatic carbocycles. The first-order valence-corrected chi connectivity index (χ1v) is 4.32. The van der Waals surface area contributed by atoms with Gasteiger partial charge in [-0.2, -0.15) is 0 Å². The van der Waals surface area contributed by atoms with E-state index in [0.29, 0.717) is 17.7 Å². The van der Waals surface area contributed by atoms with Gasteiger partial charge in [0.05, 0.1) is 6.20 Å². The minimum atomic E-state index is 0.0766. The molecule has 3 nitrogen and oxygen atoms in total. The Labute approximate surface area is 75.0 Å². The van der Waals surface area contributed by atoms with Gasteiger partial charge in [0.1, 0.15) is 4.88 Å². The van der Waals surface area contributed by atoms with Crippen molar-refractivity contribution in [3.63, 3.8) is 0 Å². The summed E-state index contributed by atoms with van der Waals surface area (Å²) in [5.74, 6) is 5.65. The molecule has 0 radical (unpaired) electrons. The van der Waals surface area contributed by atoms with Crippen LogP contribution in [0, 0.1) is 11.8 Å². The molecular formula is C8H8N2OS. The molecule has 0 aromatic carbocycles. The highest BCUT2D eigenvalue weighted by atomic mass is 32.1. The van der Waals surface area contributed by atoms with Crippen molar-refractivity contribution in [2.75, 3.05) is 0 Å². The van der Waals surface area contributed by atoms with Crippen molar-refractivity contribution in [1.82, 2.24) is 9.59 Å². The van der Waals surface area contributed by atoms with E-state index in [1.165, 1.54) is 6.20 Å². The average Bonchev–Trinajstić information content (AvgIpc) is 2.56. The van der Waals surface area contributed by atoms with E-state index < -0.39 is 0 Å². The Bertz CT molecular complexity index is 308. The molecule has 0 unspecified atom stereocenters. The Hall–Kier alpha value is -1.21. The van der Waals surface area contributed by atoms with Crippen molar-refractivity contribution in [2.45, 2.75) is 19.8 Å². The summed E-state index contributed by atoms with van der Waals surface area (Å²) in [7, 11) is 0. The maximum Gasteiger partial charge on any atom is 0.177 e. The molecule has 0 fully saturated rings. The van der Waals surface area contributed by atoms with Crippen LogP contribution in [0.4, 0.5) is 0 Å². The molecule has 0 aliphatic rings. The molecule has 12 heavy (non-hydrogen) atoms. The number of hydrogen-bond donors (Lipinski definition) is 0. The van der Waals surface area contributed by atoms with Crippen molar-refractivity contribution in [2.24, 2.45) is 0 Å². The Morgan fingerprint density at radius 3 is 3.17 bits per heavy atom. The lowest BCUT2D eigenvalue weighted by atomic mass is 10.2. The van der Waals surface area contributed by atoms with Crippen LogP contribution in [0.2, 0.25) is 0 Å². The van der Waals surface area contributed by atoms with E-state index in [1.54, 1.807) is 6.92 Å². The van der Waals surface area contributed by atoms with Crippen LogP contribution < -0.4 is 0 Å². The van der Waals surface area contributed by atoms with Crippen LogP contribution in [-0.2, 0) is 0 Å². The van der Waals surface area contributed by atoms with Gasteiger partial charge < -0.3 is 0 Å². The molecule has 62 valence electrons. The summed E-state index contributed by atoms with van der Waals surface area (Å²) in [6, 6.07) is 0. The fourth-order valence-electron chi connectivity index (χ4n) is 0.714. The second-order valence-corrected chi connectivity index (χ2v) is 2.92.